The maximum atomic E-state index is 11.0. The van der Waals surface area contributed by atoms with Gasteiger partial charge in [-0.2, -0.15) is 5.10 Å². The summed E-state index contributed by atoms with van der Waals surface area (Å²) >= 11 is 0. The molecule has 4 nitrogen and oxygen atoms in total. The molecular formula is C14H22N2O2. The van der Waals surface area contributed by atoms with E-state index in [2.05, 4.69) is 18.9 Å². The molecule has 0 atom stereocenters. The Labute approximate surface area is 108 Å². The predicted molar refractivity (Wildman–Crippen MR) is 69.9 cm³/mol. The molecule has 1 aliphatic rings. The second-order valence-electron chi connectivity index (χ2n) is 5.58. The smallest absolute Gasteiger partial charge is 0.356 e. The Morgan fingerprint density at radius 1 is 1.50 bits per heavy atom. The van der Waals surface area contributed by atoms with Gasteiger partial charge in [0.2, 0.25) is 0 Å². The molecule has 1 heterocycles. The molecule has 0 bridgehead atoms. The average molecular weight is 250 g/mol. The van der Waals surface area contributed by atoms with Crippen LogP contribution in [-0.4, -0.2) is 20.9 Å². The van der Waals surface area contributed by atoms with Crippen molar-refractivity contribution in [1.29, 1.82) is 0 Å². The predicted octanol–water partition coefficient (Wildman–Crippen LogP) is 3.29. The highest BCUT2D eigenvalue weighted by Crippen LogP contribution is 2.28. The number of aromatic carboxylic acids is 1. The summed E-state index contributed by atoms with van der Waals surface area (Å²) in [7, 11) is 0. The molecule has 1 aliphatic carbocycles. The molecule has 4 heteroatoms. The van der Waals surface area contributed by atoms with Gasteiger partial charge in [-0.05, 0) is 24.3 Å². The summed E-state index contributed by atoms with van der Waals surface area (Å²) < 4.78 is 1.90. The minimum Gasteiger partial charge on any atom is -0.476 e. The molecule has 1 saturated carbocycles. The molecule has 0 saturated heterocycles. The van der Waals surface area contributed by atoms with E-state index in [1.54, 1.807) is 6.07 Å². The van der Waals surface area contributed by atoms with E-state index in [0.717, 1.165) is 24.6 Å². The lowest BCUT2D eigenvalue weighted by Gasteiger charge is -2.12. The quantitative estimate of drug-likeness (QED) is 0.872. The molecule has 0 radical (unpaired) electrons. The summed E-state index contributed by atoms with van der Waals surface area (Å²) in [6, 6.07) is 1.71. The lowest BCUT2D eigenvalue weighted by Crippen LogP contribution is -2.10. The van der Waals surface area contributed by atoms with Crippen LogP contribution in [0.4, 0.5) is 0 Å². The number of rotatable bonds is 5. The Kier molecular flexibility index (Phi) is 4.04. The number of hydrogen-bond acceptors (Lipinski definition) is 2. The van der Waals surface area contributed by atoms with E-state index in [0.29, 0.717) is 5.92 Å². The number of carbonyl (C=O) groups is 1. The van der Waals surface area contributed by atoms with Crippen LogP contribution >= 0.6 is 0 Å². The minimum absolute atomic E-state index is 0.171. The van der Waals surface area contributed by atoms with Crippen molar-refractivity contribution in [1.82, 2.24) is 9.78 Å². The number of nitrogens with zero attached hydrogens (tertiary/aromatic N) is 2. The molecule has 1 aromatic heterocycles. The fraction of sp³-hybridized carbons (Fsp3) is 0.714. The van der Waals surface area contributed by atoms with Gasteiger partial charge in [0.1, 0.15) is 0 Å². The number of hydrogen-bond donors (Lipinski definition) is 1. The minimum atomic E-state index is -0.934. The lowest BCUT2D eigenvalue weighted by molar-refractivity contribution is 0.0689. The lowest BCUT2D eigenvalue weighted by atomic mass is 10.0. The van der Waals surface area contributed by atoms with Gasteiger partial charge in [-0.15, -0.1) is 0 Å². The van der Waals surface area contributed by atoms with Gasteiger partial charge < -0.3 is 5.11 Å². The molecule has 0 amide bonds. The normalized spacial score (nSPS) is 16.6. The SMILES string of the molecule is CC(C)c1cc(C(=O)O)nn1CCC1CCCC1. The van der Waals surface area contributed by atoms with Crippen LogP contribution in [0.3, 0.4) is 0 Å². The highest BCUT2D eigenvalue weighted by molar-refractivity contribution is 5.85. The van der Waals surface area contributed by atoms with Crippen molar-refractivity contribution in [3.8, 4) is 0 Å². The van der Waals surface area contributed by atoms with Crippen molar-refractivity contribution in [2.75, 3.05) is 0 Å². The molecule has 1 fully saturated rings. The largest absolute Gasteiger partial charge is 0.476 e. The maximum absolute atomic E-state index is 11.0. The van der Waals surface area contributed by atoms with E-state index in [9.17, 15) is 4.79 Å². The van der Waals surface area contributed by atoms with E-state index in [4.69, 9.17) is 5.11 Å². The first-order valence-corrected chi connectivity index (χ1v) is 6.89. The van der Waals surface area contributed by atoms with Crippen LogP contribution in [-0.2, 0) is 6.54 Å². The summed E-state index contributed by atoms with van der Waals surface area (Å²) in [6.07, 6.45) is 6.47. The van der Waals surface area contributed by atoms with Gasteiger partial charge in [0.15, 0.2) is 5.69 Å². The van der Waals surface area contributed by atoms with Gasteiger partial charge in [-0.1, -0.05) is 39.5 Å². The molecule has 1 N–H and O–H groups in total. The van der Waals surface area contributed by atoms with Crippen LogP contribution < -0.4 is 0 Å². The van der Waals surface area contributed by atoms with Gasteiger partial charge >= 0.3 is 5.97 Å². The van der Waals surface area contributed by atoms with Gasteiger partial charge in [-0.3, -0.25) is 4.68 Å². The summed E-state index contributed by atoms with van der Waals surface area (Å²) in [5.74, 6) is 0.188. The van der Waals surface area contributed by atoms with Crippen molar-refractivity contribution >= 4 is 5.97 Å². The van der Waals surface area contributed by atoms with E-state index in [1.165, 1.54) is 25.7 Å². The molecule has 100 valence electrons. The first-order valence-electron chi connectivity index (χ1n) is 6.89. The molecule has 18 heavy (non-hydrogen) atoms. The number of aryl methyl sites for hydroxylation is 1. The molecule has 2 rings (SSSR count). The van der Waals surface area contributed by atoms with Gasteiger partial charge in [0.05, 0.1) is 0 Å². The molecule has 0 unspecified atom stereocenters. The van der Waals surface area contributed by atoms with Gasteiger partial charge in [0.25, 0.3) is 0 Å². The summed E-state index contributed by atoms with van der Waals surface area (Å²) in [4.78, 5) is 11.0. The highest BCUT2D eigenvalue weighted by Gasteiger charge is 2.18. The monoisotopic (exact) mass is 250 g/mol. The van der Waals surface area contributed by atoms with E-state index >= 15 is 0 Å². The zero-order valence-electron chi connectivity index (χ0n) is 11.2. The average Bonchev–Trinajstić information content (AvgIpc) is 2.95. The van der Waals surface area contributed by atoms with Crippen LogP contribution in [0.1, 0.15) is 68.1 Å². The zero-order chi connectivity index (χ0) is 13.1. The van der Waals surface area contributed by atoms with Crippen LogP contribution in [0, 0.1) is 5.92 Å². The fourth-order valence-corrected chi connectivity index (χ4v) is 2.78. The second kappa shape index (κ2) is 5.55. The topological polar surface area (TPSA) is 55.1 Å². The Balaban J connectivity index is 2.07. The molecule has 0 aliphatic heterocycles. The number of carboxylic acid groups (broad SMARTS) is 1. The third kappa shape index (κ3) is 2.92. The van der Waals surface area contributed by atoms with E-state index < -0.39 is 5.97 Å². The van der Waals surface area contributed by atoms with Crippen molar-refractivity contribution in [3.63, 3.8) is 0 Å². The molecule has 0 aromatic carbocycles. The first-order chi connectivity index (χ1) is 8.58. The third-order valence-electron chi connectivity index (χ3n) is 3.85. The number of aromatic nitrogens is 2. The highest BCUT2D eigenvalue weighted by atomic mass is 16.4. The molecule has 1 aromatic rings. The number of carboxylic acids is 1. The second-order valence-corrected chi connectivity index (χ2v) is 5.58. The summed E-state index contributed by atoms with van der Waals surface area (Å²) in [6.45, 7) is 5.01. The van der Waals surface area contributed by atoms with Crippen molar-refractivity contribution in [2.24, 2.45) is 5.92 Å². The van der Waals surface area contributed by atoms with Crippen molar-refractivity contribution in [2.45, 2.75) is 58.4 Å². The fourth-order valence-electron chi connectivity index (χ4n) is 2.78. The standard InChI is InChI=1S/C14H22N2O2/c1-10(2)13-9-12(14(17)18)15-16(13)8-7-11-5-3-4-6-11/h9-11H,3-8H2,1-2H3,(H,17,18). The van der Waals surface area contributed by atoms with E-state index in [-0.39, 0.29) is 5.69 Å². The molecular weight excluding hydrogens is 228 g/mol. The Hall–Kier alpha value is -1.32. The molecule has 0 spiro atoms. The summed E-state index contributed by atoms with van der Waals surface area (Å²) in [5.41, 5.74) is 1.20. The third-order valence-corrected chi connectivity index (χ3v) is 3.85. The van der Waals surface area contributed by atoms with Crippen molar-refractivity contribution < 1.29 is 9.90 Å². The van der Waals surface area contributed by atoms with Crippen LogP contribution in [0.5, 0.6) is 0 Å². The van der Waals surface area contributed by atoms with Crippen LogP contribution in [0.25, 0.3) is 0 Å². The van der Waals surface area contributed by atoms with Crippen molar-refractivity contribution in [3.05, 3.63) is 17.5 Å². The first kappa shape index (κ1) is 13.1. The Bertz CT molecular complexity index is 417. The van der Waals surface area contributed by atoms with Crippen LogP contribution in [0.2, 0.25) is 0 Å². The van der Waals surface area contributed by atoms with Gasteiger partial charge in [0, 0.05) is 12.2 Å². The Morgan fingerprint density at radius 2 is 2.17 bits per heavy atom. The maximum Gasteiger partial charge on any atom is 0.356 e. The van der Waals surface area contributed by atoms with E-state index in [1.807, 2.05) is 4.68 Å². The van der Waals surface area contributed by atoms with Gasteiger partial charge in [-0.25, -0.2) is 4.79 Å². The Morgan fingerprint density at radius 3 is 2.72 bits per heavy atom. The van der Waals surface area contributed by atoms with Crippen LogP contribution in [0.15, 0.2) is 6.07 Å². The summed E-state index contributed by atoms with van der Waals surface area (Å²) in [5, 5.41) is 13.2. The zero-order valence-corrected chi connectivity index (χ0v) is 11.2.